The van der Waals surface area contributed by atoms with Gasteiger partial charge in [-0.25, -0.2) is 4.99 Å². The Kier molecular flexibility index (Phi) is 6.79. The highest BCUT2D eigenvalue weighted by atomic mass is 79.9. The average Bonchev–Trinajstić information content (AvgIpc) is 2.58. The van der Waals surface area contributed by atoms with Gasteiger partial charge in [0.15, 0.2) is 5.96 Å². The van der Waals surface area contributed by atoms with Crippen molar-refractivity contribution in [1.29, 1.82) is 0 Å². The molecule has 1 aromatic carbocycles. The molecule has 0 saturated carbocycles. The van der Waals surface area contributed by atoms with E-state index in [0.717, 1.165) is 29.2 Å². The van der Waals surface area contributed by atoms with Gasteiger partial charge in [0.1, 0.15) is 0 Å². The summed E-state index contributed by atoms with van der Waals surface area (Å²) < 4.78 is 1.13. The van der Waals surface area contributed by atoms with Crippen molar-refractivity contribution in [2.75, 3.05) is 13.1 Å². The molecule has 0 fully saturated rings. The van der Waals surface area contributed by atoms with Gasteiger partial charge in [0.25, 0.3) is 0 Å². The van der Waals surface area contributed by atoms with Crippen LogP contribution in [0.1, 0.15) is 32.0 Å². The number of aliphatic imine (C=N–C) groups is 1. The van der Waals surface area contributed by atoms with Crippen LogP contribution < -0.4 is 10.6 Å². The van der Waals surface area contributed by atoms with Gasteiger partial charge in [-0.15, -0.1) is 0 Å². The van der Waals surface area contributed by atoms with E-state index < -0.39 is 0 Å². The van der Waals surface area contributed by atoms with Crippen LogP contribution in [0, 0.1) is 0 Å². The van der Waals surface area contributed by atoms with Crippen LogP contribution in [0.25, 0.3) is 0 Å². The van der Waals surface area contributed by atoms with E-state index in [1.165, 1.54) is 5.56 Å². The van der Waals surface area contributed by atoms with E-state index in [4.69, 9.17) is 0 Å². The number of aromatic nitrogens is 1. The Morgan fingerprint density at radius 3 is 2.54 bits per heavy atom. The predicted molar refractivity (Wildman–Crippen MR) is 104 cm³/mol. The van der Waals surface area contributed by atoms with Gasteiger partial charge in [0.2, 0.25) is 0 Å². The van der Waals surface area contributed by atoms with Crippen LogP contribution in [0.15, 0.2) is 58.1 Å². The monoisotopic (exact) mass is 388 g/mol. The van der Waals surface area contributed by atoms with Crippen molar-refractivity contribution in [1.82, 2.24) is 15.6 Å². The second-order valence-corrected chi connectivity index (χ2v) is 7.09. The first-order valence-electron chi connectivity index (χ1n) is 8.20. The first-order chi connectivity index (χ1) is 11.5. The Labute approximate surface area is 152 Å². The van der Waals surface area contributed by atoms with E-state index in [9.17, 15) is 0 Å². The van der Waals surface area contributed by atoms with Crippen LogP contribution in [0.5, 0.6) is 0 Å². The Morgan fingerprint density at radius 2 is 1.88 bits per heavy atom. The minimum Gasteiger partial charge on any atom is -0.357 e. The fraction of sp³-hybridized carbons (Fsp3) is 0.368. The molecule has 1 aromatic heterocycles. The van der Waals surface area contributed by atoms with Crippen LogP contribution in [0.3, 0.4) is 0 Å². The van der Waals surface area contributed by atoms with Gasteiger partial charge in [0, 0.05) is 29.2 Å². The molecule has 4 nitrogen and oxygen atoms in total. The quantitative estimate of drug-likeness (QED) is 0.583. The second kappa shape index (κ2) is 8.83. The maximum Gasteiger partial charge on any atom is 0.191 e. The Bertz CT molecular complexity index is 668. The molecule has 0 amide bonds. The molecule has 2 N–H and O–H groups in total. The standard InChI is InChI=1S/C19H25BrN4/c1-4-21-18(23-13-15-9-7-8-12-22-15)24-14-19(2,3)16-10-5-6-11-17(16)20/h5-12H,4,13-14H2,1-3H3,(H2,21,23,24). The first-order valence-corrected chi connectivity index (χ1v) is 8.99. The summed E-state index contributed by atoms with van der Waals surface area (Å²) in [6.07, 6.45) is 1.79. The minimum atomic E-state index is -0.0265. The lowest BCUT2D eigenvalue weighted by atomic mass is 9.84. The summed E-state index contributed by atoms with van der Waals surface area (Å²) in [5.74, 6) is 0.809. The molecule has 0 aliphatic heterocycles. The normalized spacial score (nSPS) is 12.1. The topological polar surface area (TPSA) is 49.3 Å². The number of benzene rings is 1. The average molecular weight is 389 g/mol. The molecule has 5 heteroatoms. The number of rotatable bonds is 6. The largest absolute Gasteiger partial charge is 0.357 e. The lowest BCUT2D eigenvalue weighted by Gasteiger charge is -2.27. The van der Waals surface area contributed by atoms with Crippen LogP contribution in [-0.4, -0.2) is 24.0 Å². The molecule has 2 aromatic rings. The first kappa shape index (κ1) is 18.5. The fourth-order valence-electron chi connectivity index (χ4n) is 2.40. The summed E-state index contributed by atoms with van der Waals surface area (Å²) in [4.78, 5) is 8.93. The Balaban J connectivity index is 2.04. The summed E-state index contributed by atoms with van der Waals surface area (Å²) in [5.41, 5.74) is 2.21. The van der Waals surface area contributed by atoms with Gasteiger partial charge >= 0.3 is 0 Å². The zero-order valence-electron chi connectivity index (χ0n) is 14.5. The van der Waals surface area contributed by atoms with E-state index in [1.54, 1.807) is 6.20 Å². The van der Waals surface area contributed by atoms with E-state index in [0.29, 0.717) is 6.54 Å². The van der Waals surface area contributed by atoms with Crippen molar-refractivity contribution in [2.45, 2.75) is 32.7 Å². The highest BCUT2D eigenvalue weighted by molar-refractivity contribution is 9.10. The van der Waals surface area contributed by atoms with Crippen molar-refractivity contribution in [2.24, 2.45) is 4.99 Å². The number of nitrogens with zero attached hydrogens (tertiary/aromatic N) is 2. The second-order valence-electron chi connectivity index (χ2n) is 6.23. The SMILES string of the molecule is CCNC(=NCc1ccccn1)NCC(C)(C)c1ccccc1Br. The summed E-state index contributed by atoms with van der Waals surface area (Å²) >= 11 is 3.65. The number of nitrogens with one attached hydrogen (secondary N) is 2. The molecule has 0 aliphatic carbocycles. The Morgan fingerprint density at radius 1 is 1.12 bits per heavy atom. The highest BCUT2D eigenvalue weighted by Crippen LogP contribution is 2.29. The van der Waals surface area contributed by atoms with Crippen LogP contribution in [0.2, 0.25) is 0 Å². The van der Waals surface area contributed by atoms with Crippen molar-refractivity contribution < 1.29 is 0 Å². The zero-order valence-corrected chi connectivity index (χ0v) is 16.1. The van der Waals surface area contributed by atoms with Crippen LogP contribution in [0.4, 0.5) is 0 Å². The van der Waals surface area contributed by atoms with Gasteiger partial charge < -0.3 is 10.6 Å². The molecule has 24 heavy (non-hydrogen) atoms. The number of halogens is 1. The minimum absolute atomic E-state index is 0.0265. The third-order valence-electron chi connectivity index (χ3n) is 3.77. The molecular weight excluding hydrogens is 364 g/mol. The molecule has 0 bridgehead atoms. The fourth-order valence-corrected chi connectivity index (χ4v) is 3.22. The molecule has 2 rings (SSSR count). The molecular formula is C19H25BrN4. The molecule has 0 spiro atoms. The molecule has 0 unspecified atom stereocenters. The molecule has 128 valence electrons. The van der Waals surface area contributed by atoms with Crippen LogP contribution in [-0.2, 0) is 12.0 Å². The number of hydrogen-bond acceptors (Lipinski definition) is 2. The van der Waals surface area contributed by atoms with Crippen molar-refractivity contribution >= 4 is 21.9 Å². The summed E-state index contributed by atoms with van der Waals surface area (Å²) in [6.45, 7) is 8.68. The van der Waals surface area contributed by atoms with E-state index in [1.807, 2.05) is 24.3 Å². The molecule has 1 heterocycles. The lowest BCUT2D eigenvalue weighted by molar-refractivity contribution is 0.506. The van der Waals surface area contributed by atoms with Gasteiger partial charge in [-0.3, -0.25) is 4.98 Å². The third-order valence-corrected chi connectivity index (χ3v) is 4.46. The molecule has 0 aliphatic rings. The molecule has 0 atom stereocenters. The third kappa shape index (κ3) is 5.34. The predicted octanol–water partition coefficient (Wildman–Crippen LogP) is 3.88. The number of guanidine groups is 1. The van der Waals surface area contributed by atoms with Crippen molar-refractivity contribution in [3.8, 4) is 0 Å². The highest BCUT2D eigenvalue weighted by Gasteiger charge is 2.23. The van der Waals surface area contributed by atoms with Gasteiger partial charge in [-0.2, -0.15) is 0 Å². The van der Waals surface area contributed by atoms with Gasteiger partial charge in [-0.1, -0.05) is 54.0 Å². The maximum atomic E-state index is 4.62. The number of pyridine rings is 1. The number of hydrogen-bond donors (Lipinski definition) is 2. The van der Waals surface area contributed by atoms with E-state index in [-0.39, 0.29) is 5.41 Å². The smallest absolute Gasteiger partial charge is 0.191 e. The summed E-state index contributed by atoms with van der Waals surface area (Å²) in [5, 5.41) is 6.74. The Hall–Kier alpha value is -1.88. The summed E-state index contributed by atoms with van der Waals surface area (Å²) in [7, 11) is 0. The van der Waals surface area contributed by atoms with Gasteiger partial charge in [-0.05, 0) is 30.7 Å². The molecule has 0 saturated heterocycles. The van der Waals surface area contributed by atoms with Gasteiger partial charge in [0.05, 0.1) is 12.2 Å². The zero-order chi connectivity index (χ0) is 17.4. The molecule has 0 radical (unpaired) electrons. The van der Waals surface area contributed by atoms with Crippen molar-refractivity contribution in [3.05, 3.63) is 64.4 Å². The van der Waals surface area contributed by atoms with Crippen LogP contribution >= 0.6 is 15.9 Å². The van der Waals surface area contributed by atoms with E-state index >= 15 is 0 Å². The maximum absolute atomic E-state index is 4.62. The summed E-state index contributed by atoms with van der Waals surface area (Å²) in [6, 6.07) is 14.2. The van der Waals surface area contributed by atoms with Crippen molar-refractivity contribution in [3.63, 3.8) is 0 Å². The lowest BCUT2D eigenvalue weighted by Crippen LogP contribution is -2.43. The van der Waals surface area contributed by atoms with E-state index in [2.05, 4.69) is 75.5 Å².